The number of nitrogens with zero attached hydrogens (tertiary/aromatic N) is 4. The summed E-state index contributed by atoms with van der Waals surface area (Å²) in [5.41, 5.74) is 8.01. The van der Waals surface area contributed by atoms with Crippen LogP contribution in [0.4, 0.5) is 17.1 Å². The molecule has 0 radical (unpaired) electrons. The van der Waals surface area contributed by atoms with E-state index in [0.717, 1.165) is 39.4 Å². The molecule has 0 saturated heterocycles. The Morgan fingerprint density at radius 3 is 1.71 bits per heavy atom. The monoisotopic (exact) mass is 750 g/mol. The predicted octanol–water partition coefficient (Wildman–Crippen LogP) is 10.1. The van der Waals surface area contributed by atoms with E-state index in [9.17, 15) is 0 Å². The SMILES string of the molecule is [Se]=P(c1ccccc1)(c1ccccc1)c1ccc(-c2cnc(-c3ccc4c(c3)N(c3ccccc3)c3cccc5c6ccccc6n-4c35)nc2)cc1. The van der Waals surface area contributed by atoms with Crippen molar-refractivity contribution in [3.63, 3.8) is 0 Å². The van der Waals surface area contributed by atoms with Gasteiger partial charge in [-0.3, -0.25) is 0 Å². The van der Waals surface area contributed by atoms with Crippen LogP contribution in [-0.4, -0.2) is 29.6 Å². The molecule has 0 saturated carbocycles. The summed E-state index contributed by atoms with van der Waals surface area (Å²) in [6.45, 7) is 0. The third kappa shape index (κ3) is 4.86. The van der Waals surface area contributed by atoms with E-state index >= 15 is 0 Å². The van der Waals surface area contributed by atoms with Crippen molar-refractivity contribution in [1.29, 1.82) is 0 Å². The Balaban J connectivity index is 1.03. The first-order valence-corrected chi connectivity index (χ1v) is 21.4. The van der Waals surface area contributed by atoms with Gasteiger partial charge in [-0.05, 0) is 24.3 Å². The van der Waals surface area contributed by atoms with E-state index in [0.29, 0.717) is 5.82 Å². The molecule has 4 nitrogen and oxygen atoms in total. The molecule has 6 heteroatoms. The average molecular weight is 750 g/mol. The number of rotatable bonds is 6. The van der Waals surface area contributed by atoms with Gasteiger partial charge in [-0.25, -0.2) is 0 Å². The Hall–Kier alpha value is -5.83. The van der Waals surface area contributed by atoms with E-state index in [4.69, 9.17) is 9.97 Å². The first-order valence-electron chi connectivity index (χ1n) is 17.3. The fraction of sp³-hybridized carbons (Fsp3) is 0. The topological polar surface area (TPSA) is 34.0 Å². The van der Waals surface area contributed by atoms with Crippen LogP contribution in [0.5, 0.6) is 0 Å². The zero-order chi connectivity index (χ0) is 34.6. The van der Waals surface area contributed by atoms with Crippen molar-refractivity contribution < 1.29 is 0 Å². The number of anilines is 3. The molecule has 0 bridgehead atoms. The molecule has 0 fully saturated rings. The Morgan fingerprint density at radius 2 is 1.02 bits per heavy atom. The molecular formula is C46H31N4PSe. The standard InChI is InChI=1S/C46H31N4PSe/c52-51(36-15-6-2-7-16-36,37-17-8-3-9-18-37)38-26-23-32(24-27-38)34-30-47-46(48-31-34)33-25-28-42-44(29-33)49(35-13-4-1-5-14-35)43-22-12-20-40-39-19-10-11-21-41(39)50(42)45(40)43/h1-31H. The van der Waals surface area contributed by atoms with Crippen LogP contribution >= 0.6 is 5.51 Å². The second kappa shape index (κ2) is 12.4. The molecule has 9 aromatic rings. The summed E-state index contributed by atoms with van der Waals surface area (Å²) in [4.78, 5) is 12.2. The summed E-state index contributed by atoms with van der Waals surface area (Å²) in [6, 6.07) is 63.0. The van der Waals surface area contributed by atoms with Crippen molar-refractivity contribution in [2.45, 2.75) is 0 Å². The normalized spacial score (nSPS) is 12.3. The summed E-state index contributed by atoms with van der Waals surface area (Å²) in [6.07, 6.45) is 3.89. The van der Waals surface area contributed by atoms with Gasteiger partial charge in [0.25, 0.3) is 0 Å². The van der Waals surface area contributed by atoms with Crippen molar-refractivity contribution in [2.24, 2.45) is 0 Å². The van der Waals surface area contributed by atoms with Crippen LogP contribution in [0.2, 0.25) is 0 Å². The van der Waals surface area contributed by atoms with Gasteiger partial charge in [-0.1, -0.05) is 48.5 Å². The van der Waals surface area contributed by atoms with Crippen molar-refractivity contribution in [3.8, 4) is 28.2 Å². The number of para-hydroxylation sites is 3. The molecule has 10 rings (SSSR count). The number of hydrogen-bond donors (Lipinski definition) is 0. The third-order valence-corrected chi connectivity index (χ3v) is 17.2. The summed E-state index contributed by atoms with van der Waals surface area (Å²) < 4.78 is 2.41. The number of fused-ring (bicyclic) bond motifs is 5. The van der Waals surface area contributed by atoms with Crippen LogP contribution in [-0.2, 0) is 0 Å². The Morgan fingerprint density at radius 1 is 0.442 bits per heavy atom. The van der Waals surface area contributed by atoms with Gasteiger partial charge in [-0.15, -0.1) is 0 Å². The molecular weight excluding hydrogens is 718 g/mol. The molecule has 0 aliphatic carbocycles. The zero-order valence-corrected chi connectivity index (χ0v) is 30.6. The van der Waals surface area contributed by atoms with E-state index in [1.807, 2.05) is 12.4 Å². The van der Waals surface area contributed by atoms with Crippen LogP contribution < -0.4 is 20.8 Å². The second-order valence-corrected chi connectivity index (χ2v) is 19.2. The molecule has 3 heterocycles. The molecule has 0 unspecified atom stereocenters. The summed E-state index contributed by atoms with van der Waals surface area (Å²) in [7, 11) is 0. The van der Waals surface area contributed by atoms with Gasteiger partial charge < -0.3 is 9.47 Å². The van der Waals surface area contributed by atoms with Crippen LogP contribution in [0.1, 0.15) is 0 Å². The van der Waals surface area contributed by atoms with Gasteiger partial charge in [0.2, 0.25) is 0 Å². The molecule has 0 spiro atoms. The minimum absolute atomic E-state index is 0.693. The van der Waals surface area contributed by atoms with Crippen molar-refractivity contribution >= 4 is 75.4 Å². The first-order chi connectivity index (χ1) is 25.7. The molecule has 2 aromatic heterocycles. The maximum absolute atomic E-state index is 4.93. The maximum atomic E-state index is 4.93. The fourth-order valence-electron chi connectivity index (χ4n) is 7.66. The third-order valence-electron chi connectivity index (χ3n) is 10.1. The average Bonchev–Trinajstić information content (AvgIpc) is 3.57. The summed E-state index contributed by atoms with van der Waals surface area (Å²) in [5, 5.41) is 6.42. The van der Waals surface area contributed by atoms with Crippen LogP contribution in [0.25, 0.3) is 50.0 Å². The Labute approximate surface area is 309 Å². The van der Waals surface area contributed by atoms with E-state index in [1.54, 1.807) is 0 Å². The van der Waals surface area contributed by atoms with Crippen LogP contribution in [0.15, 0.2) is 188 Å². The van der Waals surface area contributed by atoms with Crippen LogP contribution in [0, 0.1) is 0 Å². The van der Waals surface area contributed by atoms with E-state index in [2.05, 4.69) is 200 Å². The Kier molecular flexibility index (Phi) is 7.40. The second-order valence-electron chi connectivity index (χ2n) is 13.0. The fourth-order valence-corrected chi connectivity index (χ4v) is 12.6. The van der Waals surface area contributed by atoms with E-state index < -0.39 is 5.51 Å². The van der Waals surface area contributed by atoms with Gasteiger partial charge in [0.05, 0.1) is 22.4 Å². The predicted molar refractivity (Wildman–Crippen MR) is 220 cm³/mol. The van der Waals surface area contributed by atoms with Crippen molar-refractivity contribution in [3.05, 3.63) is 188 Å². The Bertz CT molecular complexity index is 2760. The molecule has 0 atom stereocenters. The van der Waals surface area contributed by atoms with Gasteiger partial charge in [0, 0.05) is 16.5 Å². The molecule has 7 aromatic carbocycles. The zero-order valence-electron chi connectivity index (χ0n) is 28.0. The van der Waals surface area contributed by atoms with Crippen molar-refractivity contribution in [1.82, 2.24) is 14.5 Å². The summed E-state index contributed by atoms with van der Waals surface area (Å²) >= 11 is 3.66. The minimum atomic E-state index is -1.93. The van der Waals surface area contributed by atoms with E-state index in [-0.39, 0.29) is 0 Å². The molecule has 0 N–H and O–H groups in total. The van der Waals surface area contributed by atoms with Gasteiger partial charge in [0.1, 0.15) is 0 Å². The van der Waals surface area contributed by atoms with Crippen molar-refractivity contribution in [2.75, 3.05) is 4.90 Å². The molecule has 52 heavy (non-hydrogen) atoms. The van der Waals surface area contributed by atoms with Gasteiger partial charge in [0.15, 0.2) is 0 Å². The van der Waals surface area contributed by atoms with Crippen LogP contribution in [0.3, 0.4) is 0 Å². The van der Waals surface area contributed by atoms with Gasteiger partial charge in [-0.2, -0.15) is 0 Å². The number of aromatic nitrogens is 3. The first kappa shape index (κ1) is 30.9. The number of benzene rings is 7. The quantitative estimate of drug-likeness (QED) is 0.125. The summed E-state index contributed by atoms with van der Waals surface area (Å²) in [5.74, 6) is 0.693. The molecule has 246 valence electrons. The van der Waals surface area contributed by atoms with Gasteiger partial charge >= 0.3 is 190 Å². The molecule has 1 aliphatic heterocycles. The molecule has 1 aliphatic rings. The number of hydrogen-bond acceptors (Lipinski definition) is 3. The molecule has 0 amide bonds. The van der Waals surface area contributed by atoms with E-state index in [1.165, 1.54) is 37.7 Å².